The number of fused-ring (bicyclic) bond motifs is 1. The molecule has 0 aromatic rings. The maximum atomic E-state index is 11.4. The molecule has 4 N–H and O–H groups in total. The molecule has 33 heavy (non-hydrogen) atoms. The second kappa shape index (κ2) is 9.26. The Morgan fingerprint density at radius 2 is 1.76 bits per heavy atom. The second-order valence-corrected chi connectivity index (χ2v) is 12.6. The summed E-state index contributed by atoms with van der Waals surface area (Å²) in [5, 5.41) is 42.5. The number of aliphatic hydroxyl groups is 4. The molecule has 4 rings (SSSR count). The second-order valence-electron chi connectivity index (χ2n) is 12.6. The van der Waals surface area contributed by atoms with Crippen molar-refractivity contribution >= 4 is 0 Å². The smallest absolute Gasteiger partial charge is 0.0811 e. The van der Waals surface area contributed by atoms with Crippen LogP contribution in [-0.2, 0) is 0 Å². The van der Waals surface area contributed by atoms with E-state index in [1.807, 2.05) is 0 Å². The molecule has 4 fully saturated rings. The minimum atomic E-state index is -0.649. The van der Waals surface area contributed by atoms with Crippen molar-refractivity contribution in [2.45, 2.75) is 110 Å². The van der Waals surface area contributed by atoms with Gasteiger partial charge in [-0.15, -0.1) is 0 Å². The van der Waals surface area contributed by atoms with Crippen molar-refractivity contribution in [1.29, 1.82) is 0 Å². The first-order valence-corrected chi connectivity index (χ1v) is 13.3. The van der Waals surface area contributed by atoms with Crippen LogP contribution in [0.3, 0.4) is 0 Å². The van der Waals surface area contributed by atoms with E-state index in [0.29, 0.717) is 24.7 Å². The van der Waals surface area contributed by atoms with Crippen LogP contribution in [0.5, 0.6) is 0 Å². The van der Waals surface area contributed by atoms with E-state index in [1.54, 1.807) is 0 Å². The van der Waals surface area contributed by atoms with Crippen molar-refractivity contribution in [2.24, 2.45) is 34.5 Å². The van der Waals surface area contributed by atoms with Gasteiger partial charge >= 0.3 is 0 Å². The van der Waals surface area contributed by atoms with E-state index in [0.717, 1.165) is 49.7 Å². The Morgan fingerprint density at radius 1 is 1.03 bits per heavy atom. The lowest BCUT2D eigenvalue weighted by Gasteiger charge is -2.46. The highest BCUT2D eigenvalue weighted by atomic mass is 16.3. The lowest BCUT2D eigenvalue weighted by molar-refractivity contribution is -0.0568. The third kappa shape index (κ3) is 4.53. The normalized spacial score (nSPS) is 45.4. The highest BCUT2D eigenvalue weighted by Crippen LogP contribution is 2.60. The fourth-order valence-corrected chi connectivity index (χ4v) is 8.02. The first-order valence-electron chi connectivity index (χ1n) is 13.3. The molecule has 0 aromatic carbocycles. The average Bonchev–Trinajstić information content (AvgIpc) is 3.24. The van der Waals surface area contributed by atoms with Crippen LogP contribution in [0.2, 0.25) is 0 Å². The van der Waals surface area contributed by atoms with E-state index in [1.165, 1.54) is 12.0 Å². The van der Waals surface area contributed by atoms with Gasteiger partial charge in [0.25, 0.3) is 0 Å². The molecular formula is C29H46O4. The maximum absolute atomic E-state index is 11.4. The van der Waals surface area contributed by atoms with E-state index in [2.05, 4.69) is 46.4 Å². The van der Waals surface area contributed by atoms with Gasteiger partial charge in [0, 0.05) is 12.3 Å². The molecule has 0 saturated heterocycles. The van der Waals surface area contributed by atoms with Gasteiger partial charge in [0.05, 0.1) is 24.4 Å². The number of rotatable bonds is 4. The summed E-state index contributed by atoms with van der Waals surface area (Å²) in [5.74, 6) is 1.13. The van der Waals surface area contributed by atoms with Crippen LogP contribution in [0.25, 0.3) is 0 Å². The van der Waals surface area contributed by atoms with Gasteiger partial charge in [-0.25, -0.2) is 0 Å². The van der Waals surface area contributed by atoms with Gasteiger partial charge in [-0.05, 0) is 91.1 Å². The standard InChI is InChI=1S/C29H46O4/c1-17-20(15-21(30)16-25(17)31)9-8-19-7-6-13-29(5)23(10-11-24(19)29)18(2)26(32)22-12-14-28(3,4)27(22)33/h8-9,18,21-27,30-33H,1,6-7,10-16H2,2-5H3/b19-8+,20-9-/t18-,21+,22?,23+,24?,25-,26?,27?,29+/m0/s1. The Kier molecular flexibility index (Phi) is 7.06. The van der Waals surface area contributed by atoms with Crippen LogP contribution in [-0.4, -0.2) is 44.8 Å². The minimum absolute atomic E-state index is 0.0174. The molecule has 186 valence electrons. The highest BCUT2D eigenvalue weighted by molar-refractivity contribution is 5.38. The molecule has 4 heteroatoms. The van der Waals surface area contributed by atoms with Crippen LogP contribution in [0.4, 0.5) is 0 Å². The Balaban J connectivity index is 1.51. The summed E-state index contributed by atoms with van der Waals surface area (Å²) in [6.45, 7) is 12.9. The Hall–Kier alpha value is -0.940. The fraction of sp³-hybridized carbons (Fsp3) is 0.793. The molecule has 4 aliphatic rings. The van der Waals surface area contributed by atoms with Crippen molar-refractivity contribution in [3.8, 4) is 0 Å². The molecule has 4 saturated carbocycles. The van der Waals surface area contributed by atoms with Crippen LogP contribution in [0.1, 0.15) is 85.5 Å². The van der Waals surface area contributed by atoms with Gasteiger partial charge in [0.1, 0.15) is 0 Å². The number of allylic oxidation sites excluding steroid dienone is 3. The fourth-order valence-electron chi connectivity index (χ4n) is 8.02. The van der Waals surface area contributed by atoms with Gasteiger partial charge in [-0.3, -0.25) is 0 Å². The molecule has 4 nitrogen and oxygen atoms in total. The molecule has 0 radical (unpaired) electrons. The Bertz CT molecular complexity index is 810. The predicted octanol–water partition coefficient (Wildman–Crippen LogP) is 4.92. The van der Waals surface area contributed by atoms with Crippen LogP contribution < -0.4 is 0 Å². The third-order valence-electron chi connectivity index (χ3n) is 10.2. The van der Waals surface area contributed by atoms with Crippen molar-refractivity contribution < 1.29 is 20.4 Å². The van der Waals surface area contributed by atoms with E-state index < -0.39 is 24.4 Å². The quantitative estimate of drug-likeness (QED) is 0.482. The molecule has 4 aliphatic carbocycles. The van der Waals surface area contributed by atoms with Gasteiger partial charge in [-0.1, -0.05) is 52.0 Å². The van der Waals surface area contributed by atoms with Crippen LogP contribution in [0.15, 0.2) is 35.5 Å². The number of aliphatic hydroxyl groups excluding tert-OH is 4. The maximum Gasteiger partial charge on any atom is 0.0811 e. The van der Waals surface area contributed by atoms with E-state index >= 15 is 0 Å². The zero-order valence-corrected chi connectivity index (χ0v) is 21.1. The largest absolute Gasteiger partial charge is 0.393 e. The monoisotopic (exact) mass is 458 g/mol. The van der Waals surface area contributed by atoms with Crippen LogP contribution >= 0.6 is 0 Å². The van der Waals surface area contributed by atoms with Crippen LogP contribution in [0, 0.1) is 34.5 Å². The van der Waals surface area contributed by atoms with Gasteiger partial charge in [-0.2, -0.15) is 0 Å². The lowest BCUT2D eigenvalue weighted by Crippen LogP contribution is -2.44. The minimum Gasteiger partial charge on any atom is -0.393 e. The summed E-state index contributed by atoms with van der Waals surface area (Å²) >= 11 is 0. The van der Waals surface area contributed by atoms with Crippen molar-refractivity contribution in [3.05, 3.63) is 35.5 Å². The number of hydrogen-bond acceptors (Lipinski definition) is 4. The summed E-state index contributed by atoms with van der Waals surface area (Å²) in [4.78, 5) is 0. The van der Waals surface area contributed by atoms with Crippen molar-refractivity contribution in [2.75, 3.05) is 0 Å². The summed E-state index contributed by atoms with van der Waals surface area (Å²) < 4.78 is 0. The van der Waals surface area contributed by atoms with E-state index in [9.17, 15) is 20.4 Å². The summed E-state index contributed by atoms with van der Waals surface area (Å²) in [5.41, 5.74) is 3.26. The molecule has 0 aliphatic heterocycles. The highest BCUT2D eigenvalue weighted by Gasteiger charge is 2.54. The zero-order chi connectivity index (χ0) is 24.1. The molecule has 0 bridgehead atoms. The predicted molar refractivity (Wildman–Crippen MR) is 132 cm³/mol. The van der Waals surface area contributed by atoms with Gasteiger partial charge in [0.15, 0.2) is 0 Å². The first-order chi connectivity index (χ1) is 15.5. The SMILES string of the molecule is C=C1/C(=C\C=C2/CCC[C@@]3(C)C2CC[C@@H]3[C@H](C)C(O)C2CCC(C)(C)C2O)C[C@@H](O)C[C@@H]1O. The average molecular weight is 459 g/mol. The molecule has 0 aromatic heterocycles. The lowest BCUT2D eigenvalue weighted by atomic mass is 9.60. The third-order valence-corrected chi connectivity index (χ3v) is 10.2. The van der Waals surface area contributed by atoms with Gasteiger partial charge < -0.3 is 20.4 Å². The van der Waals surface area contributed by atoms with E-state index in [-0.39, 0.29) is 22.7 Å². The first kappa shape index (κ1) is 25.2. The molecule has 0 spiro atoms. The summed E-state index contributed by atoms with van der Waals surface area (Å²) in [6.07, 6.45) is 10.9. The van der Waals surface area contributed by atoms with Gasteiger partial charge in [0.2, 0.25) is 0 Å². The topological polar surface area (TPSA) is 80.9 Å². The molecule has 4 unspecified atom stereocenters. The number of hydrogen-bond donors (Lipinski definition) is 4. The molecule has 0 heterocycles. The molecule has 9 atom stereocenters. The molecular weight excluding hydrogens is 412 g/mol. The summed E-state index contributed by atoms with van der Waals surface area (Å²) in [7, 11) is 0. The molecule has 0 amide bonds. The van der Waals surface area contributed by atoms with E-state index in [4.69, 9.17) is 0 Å². The Morgan fingerprint density at radius 3 is 2.42 bits per heavy atom. The van der Waals surface area contributed by atoms with Crippen molar-refractivity contribution in [1.82, 2.24) is 0 Å². The summed E-state index contributed by atoms with van der Waals surface area (Å²) in [6, 6.07) is 0. The Labute approximate surface area is 200 Å². The zero-order valence-electron chi connectivity index (χ0n) is 21.1. The van der Waals surface area contributed by atoms with Crippen molar-refractivity contribution in [3.63, 3.8) is 0 Å².